The Labute approximate surface area is 180 Å². The zero-order valence-electron chi connectivity index (χ0n) is 17.2. The molecule has 160 valence electrons. The molecule has 0 saturated heterocycles. The van der Waals surface area contributed by atoms with Gasteiger partial charge in [0.25, 0.3) is 0 Å². The molecule has 10 heteroatoms. The first-order valence-corrected chi connectivity index (χ1v) is 11.7. The summed E-state index contributed by atoms with van der Waals surface area (Å²) < 4.78 is 24.7. The van der Waals surface area contributed by atoms with E-state index in [9.17, 15) is 13.5 Å². The van der Waals surface area contributed by atoms with Gasteiger partial charge in [-0.2, -0.15) is 4.98 Å². The lowest BCUT2D eigenvalue weighted by Crippen LogP contribution is -2.39. The molecular weight excluding hydrogens is 458 g/mol. The van der Waals surface area contributed by atoms with E-state index in [1.54, 1.807) is 32.2 Å². The molecule has 29 heavy (non-hydrogen) atoms. The van der Waals surface area contributed by atoms with E-state index in [0.29, 0.717) is 45.9 Å². The minimum absolute atomic E-state index is 0.186. The van der Waals surface area contributed by atoms with E-state index in [0.717, 1.165) is 0 Å². The van der Waals surface area contributed by atoms with Crippen LogP contribution in [0.15, 0.2) is 27.7 Å². The molecule has 1 aromatic heterocycles. The van der Waals surface area contributed by atoms with E-state index in [4.69, 9.17) is 5.14 Å². The van der Waals surface area contributed by atoms with Gasteiger partial charge in [-0.3, -0.25) is 0 Å². The largest absolute Gasteiger partial charge is 0.388 e. The maximum atomic E-state index is 12.0. The highest BCUT2D eigenvalue weighted by Crippen LogP contribution is 2.28. The van der Waals surface area contributed by atoms with Crippen molar-refractivity contribution in [3.63, 3.8) is 0 Å². The molecule has 5 N–H and O–H groups in total. The van der Waals surface area contributed by atoms with Crippen molar-refractivity contribution in [1.29, 1.82) is 0 Å². The number of nitrogens with two attached hydrogens (primary N) is 1. The molecule has 0 amide bonds. The molecule has 0 aliphatic rings. The number of nitrogens with one attached hydrogen (secondary N) is 2. The van der Waals surface area contributed by atoms with Gasteiger partial charge in [-0.25, -0.2) is 18.5 Å². The summed E-state index contributed by atoms with van der Waals surface area (Å²) in [6.07, 6.45) is 2.64. The standard InChI is InChI=1S/C19H28BrN5O3S/c1-6-12-8-14(9-13(7-2)16(12)29(21,27)28)24-18-22-10-15(20)17(25-18)23-11(3)19(4,5)26/h8-11,26H,6-7H2,1-5H3,(H2,21,27,28)(H2,22,23,24,25)/t11-/m1/s1. The molecule has 8 nitrogen and oxygen atoms in total. The summed E-state index contributed by atoms with van der Waals surface area (Å²) in [5, 5.41) is 21.9. The van der Waals surface area contributed by atoms with Crippen LogP contribution in [0.3, 0.4) is 0 Å². The Morgan fingerprint density at radius 1 is 1.24 bits per heavy atom. The van der Waals surface area contributed by atoms with Gasteiger partial charge in [0.15, 0.2) is 0 Å². The topological polar surface area (TPSA) is 130 Å². The second kappa shape index (κ2) is 8.95. The number of aryl methyl sites for hydroxylation is 2. The summed E-state index contributed by atoms with van der Waals surface area (Å²) in [6, 6.07) is 3.24. The summed E-state index contributed by atoms with van der Waals surface area (Å²) in [6.45, 7) is 9.04. The second-order valence-corrected chi connectivity index (χ2v) is 9.76. The number of halogens is 1. The van der Waals surface area contributed by atoms with Crippen molar-refractivity contribution in [2.45, 2.75) is 64.0 Å². The Hall–Kier alpha value is -1.75. The fourth-order valence-corrected chi connectivity index (χ4v) is 4.20. The van der Waals surface area contributed by atoms with Gasteiger partial charge < -0.3 is 15.7 Å². The van der Waals surface area contributed by atoms with Crippen LogP contribution >= 0.6 is 15.9 Å². The van der Waals surface area contributed by atoms with Crippen LogP contribution in [-0.2, 0) is 22.9 Å². The minimum atomic E-state index is -3.82. The number of anilines is 3. The Kier molecular flexibility index (Phi) is 7.26. The van der Waals surface area contributed by atoms with E-state index in [1.807, 2.05) is 20.8 Å². The SMILES string of the molecule is CCc1cc(Nc2ncc(Br)c(N[C@H](C)C(C)(C)O)n2)cc(CC)c1S(N)(=O)=O. The maximum absolute atomic E-state index is 12.0. The third kappa shape index (κ3) is 5.88. The maximum Gasteiger partial charge on any atom is 0.238 e. The van der Waals surface area contributed by atoms with Crippen molar-refractivity contribution in [2.75, 3.05) is 10.6 Å². The highest BCUT2D eigenvalue weighted by atomic mass is 79.9. The minimum Gasteiger partial charge on any atom is -0.388 e. The molecule has 1 atom stereocenters. The number of hydrogen-bond donors (Lipinski definition) is 4. The molecule has 1 heterocycles. The van der Waals surface area contributed by atoms with E-state index in [1.165, 1.54) is 0 Å². The van der Waals surface area contributed by atoms with Crippen LogP contribution in [0, 0.1) is 0 Å². The summed E-state index contributed by atoms with van der Waals surface area (Å²) in [7, 11) is -3.82. The van der Waals surface area contributed by atoms with Gasteiger partial charge in [-0.15, -0.1) is 0 Å². The fourth-order valence-electron chi connectivity index (χ4n) is 2.76. The van der Waals surface area contributed by atoms with E-state index >= 15 is 0 Å². The predicted octanol–water partition coefficient (Wildman–Crippen LogP) is 3.33. The molecule has 0 radical (unpaired) electrons. The molecule has 0 unspecified atom stereocenters. The number of benzene rings is 1. The van der Waals surface area contributed by atoms with Crippen molar-refractivity contribution in [3.8, 4) is 0 Å². The fraction of sp³-hybridized carbons (Fsp3) is 0.474. The first kappa shape index (κ1) is 23.5. The lowest BCUT2D eigenvalue weighted by atomic mass is 10.0. The molecule has 0 aliphatic carbocycles. The monoisotopic (exact) mass is 485 g/mol. The normalized spacial score (nSPS) is 13.2. The van der Waals surface area contributed by atoms with Crippen molar-refractivity contribution < 1.29 is 13.5 Å². The predicted molar refractivity (Wildman–Crippen MR) is 119 cm³/mol. The lowest BCUT2D eigenvalue weighted by molar-refractivity contribution is 0.0647. The Balaban J connectivity index is 2.41. The molecule has 0 spiro atoms. The zero-order valence-corrected chi connectivity index (χ0v) is 19.6. The van der Waals surface area contributed by atoms with Crippen LogP contribution in [0.4, 0.5) is 17.5 Å². The zero-order chi connectivity index (χ0) is 22.0. The molecule has 1 aromatic carbocycles. The second-order valence-electron chi connectivity index (χ2n) is 7.41. The van der Waals surface area contributed by atoms with Crippen LogP contribution in [0.5, 0.6) is 0 Å². The summed E-state index contributed by atoms with van der Waals surface area (Å²) >= 11 is 3.41. The summed E-state index contributed by atoms with van der Waals surface area (Å²) in [4.78, 5) is 8.93. The first-order chi connectivity index (χ1) is 13.4. The molecule has 0 aliphatic heterocycles. The van der Waals surface area contributed by atoms with Gasteiger partial charge in [-0.05, 0) is 72.8 Å². The highest BCUT2D eigenvalue weighted by Gasteiger charge is 2.23. The number of aromatic nitrogens is 2. The van der Waals surface area contributed by atoms with Gasteiger partial charge >= 0.3 is 0 Å². The smallest absolute Gasteiger partial charge is 0.238 e. The lowest BCUT2D eigenvalue weighted by Gasteiger charge is -2.27. The highest BCUT2D eigenvalue weighted by molar-refractivity contribution is 9.10. The average molecular weight is 486 g/mol. The average Bonchev–Trinajstić information content (AvgIpc) is 2.61. The number of primary sulfonamides is 1. The van der Waals surface area contributed by atoms with Crippen LogP contribution in [0.1, 0.15) is 45.7 Å². The number of nitrogens with zero attached hydrogens (tertiary/aromatic N) is 2. The molecule has 0 saturated carbocycles. The third-order valence-electron chi connectivity index (χ3n) is 4.70. The van der Waals surface area contributed by atoms with Gasteiger partial charge in [0.1, 0.15) is 5.82 Å². The van der Waals surface area contributed by atoms with E-state index in [-0.39, 0.29) is 10.9 Å². The van der Waals surface area contributed by atoms with Gasteiger partial charge in [0, 0.05) is 11.9 Å². The number of rotatable bonds is 8. The van der Waals surface area contributed by atoms with Gasteiger partial charge in [-0.1, -0.05) is 13.8 Å². The third-order valence-corrected chi connectivity index (χ3v) is 6.38. The number of sulfonamides is 1. The molecule has 0 bridgehead atoms. The summed E-state index contributed by atoms with van der Waals surface area (Å²) in [5.74, 6) is 0.871. The van der Waals surface area contributed by atoms with E-state index in [2.05, 4.69) is 36.5 Å². The van der Waals surface area contributed by atoms with Gasteiger partial charge in [0.05, 0.1) is 21.0 Å². The molecular formula is C19H28BrN5O3S. The molecule has 0 fully saturated rings. The van der Waals surface area contributed by atoms with Crippen molar-refractivity contribution in [2.24, 2.45) is 5.14 Å². The Morgan fingerprint density at radius 3 is 2.24 bits per heavy atom. The van der Waals surface area contributed by atoms with Crippen LogP contribution < -0.4 is 15.8 Å². The van der Waals surface area contributed by atoms with Gasteiger partial charge in [0.2, 0.25) is 16.0 Å². The Morgan fingerprint density at radius 2 is 1.79 bits per heavy atom. The molecule has 2 rings (SSSR count). The first-order valence-electron chi connectivity index (χ1n) is 9.33. The number of aliphatic hydroxyl groups is 1. The van der Waals surface area contributed by atoms with E-state index < -0.39 is 15.6 Å². The van der Waals surface area contributed by atoms with Crippen molar-refractivity contribution in [1.82, 2.24) is 9.97 Å². The molecule has 2 aromatic rings. The van der Waals surface area contributed by atoms with Crippen LogP contribution in [0.2, 0.25) is 0 Å². The van der Waals surface area contributed by atoms with Crippen LogP contribution in [0.25, 0.3) is 0 Å². The van der Waals surface area contributed by atoms with Crippen molar-refractivity contribution in [3.05, 3.63) is 33.9 Å². The van der Waals surface area contributed by atoms with Crippen molar-refractivity contribution >= 4 is 43.4 Å². The van der Waals surface area contributed by atoms with Crippen LogP contribution in [-0.4, -0.2) is 35.1 Å². The Bertz CT molecular complexity index is 965. The number of hydrogen-bond acceptors (Lipinski definition) is 7. The summed E-state index contributed by atoms with van der Waals surface area (Å²) in [5.41, 5.74) is 1.02. The quantitative estimate of drug-likeness (QED) is 0.450.